The molecule has 1 aliphatic heterocycles. The van der Waals surface area contributed by atoms with Gasteiger partial charge in [-0.05, 0) is 112 Å². The van der Waals surface area contributed by atoms with Crippen LogP contribution in [-0.2, 0) is 0 Å². The minimum absolute atomic E-state index is 0.624. The zero-order valence-electron chi connectivity index (χ0n) is 21.0. The van der Waals surface area contributed by atoms with Gasteiger partial charge in [0.15, 0.2) is 0 Å². The van der Waals surface area contributed by atoms with Crippen molar-refractivity contribution >= 4 is 11.8 Å². The van der Waals surface area contributed by atoms with Crippen LogP contribution in [0.5, 0.6) is 0 Å². The maximum atomic E-state index is 5.32. The Hall–Kier alpha value is 0.150. The van der Waals surface area contributed by atoms with E-state index >= 15 is 0 Å². The fraction of sp³-hybridized carbons (Fsp3) is 1.00. The lowest BCUT2D eigenvalue weighted by atomic mass is 9.53. The maximum Gasteiger partial charge on any atom is 0.0238 e. The van der Waals surface area contributed by atoms with E-state index in [1.807, 2.05) is 0 Å². The summed E-state index contributed by atoms with van der Waals surface area (Å²) in [7, 11) is 0. The van der Waals surface area contributed by atoms with Crippen molar-refractivity contribution in [3.8, 4) is 0 Å². The fourth-order valence-electron chi connectivity index (χ4n) is 8.32. The Bertz CT molecular complexity index is 574. The molecule has 4 aliphatic rings. The first-order chi connectivity index (χ1) is 15.5. The molecule has 6 heteroatoms. The topological polar surface area (TPSA) is 74.1 Å². The molecule has 3 saturated carbocycles. The molecule has 7 unspecified atom stereocenters. The molecule has 3 aliphatic carbocycles. The zero-order chi connectivity index (χ0) is 22.6. The highest BCUT2D eigenvalue weighted by Crippen LogP contribution is 2.64. The molecule has 4 rings (SSSR count). The lowest BCUT2D eigenvalue weighted by Gasteiger charge is -2.54. The lowest BCUT2D eigenvalue weighted by Crippen LogP contribution is -2.49. The molecule has 0 aromatic heterocycles. The minimum atomic E-state index is 0.624. The number of hydrogen-bond donors (Lipinski definition) is 5. The van der Waals surface area contributed by atoms with Gasteiger partial charge in [0.2, 0.25) is 0 Å². The van der Waals surface area contributed by atoms with E-state index in [9.17, 15) is 0 Å². The summed E-state index contributed by atoms with van der Waals surface area (Å²) in [6.07, 6.45) is 14.6. The summed E-state index contributed by atoms with van der Waals surface area (Å²) in [6, 6.07) is 1.32. The van der Waals surface area contributed by atoms with Crippen LogP contribution in [0.4, 0.5) is 0 Å². The highest BCUT2D eigenvalue weighted by atomic mass is 32.2. The van der Waals surface area contributed by atoms with Crippen LogP contribution < -0.4 is 27.4 Å². The monoisotopic (exact) mass is 465 g/mol. The fourth-order valence-corrected chi connectivity index (χ4v) is 10.1. The van der Waals surface area contributed by atoms with Gasteiger partial charge in [-0.3, -0.25) is 5.84 Å². The molecule has 8 atom stereocenters. The van der Waals surface area contributed by atoms with E-state index in [1.165, 1.54) is 76.5 Å². The van der Waals surface area contributed by atoms with Crippen molar-refractivity contribution in [1.82, 2.24) is 21.6 Å². The molecule has 0 aromatic rings. The van der Waals surface area contributed by atoms with E-state index in [1.54, 1.807) is 0 Å². The summed E-state index contributed by atoms with van der Waals surface area (Å²) in [6.45, 7) is 10.3. The predicted molar refractivity (Wildman–Crippen MR) is 138 cm³/mol. The number of hydrazine groups is 2. The van der Waals surface area contributed by atoms with Crippen molar-refractivity contribution < 1.29 is 0 Å². The third-order valence-electron chi connectivity index (χ3n) is 9.88. The summed E-state index contributed by atoms with van der Waals surface area (Å²) < 4.78 is 0. The van der Waals surface area contributed by atoms with Gasteiger partial charge in [-0.15, -0.1) is 0 Å². The van der Waals surface area contributed by atoms with Gasteiger partial charge in [0.1, 0.15) is 0 Å². The summed E-state index contributed by atoms with van der Waals surface area (Å²) in [5.41, 5.74) is 6.18. The first-order valence-corrected chi connectivity index (χ1v) is 14.8. The molecule has 186 valence electrons. The van der Waals surface area contributed by atoms with Crippen molar-refractivity contribution in [2.24, 2.45) is 40.8 Å². The van der Waals surface area contributed by atoms with Gasteiger partial charge >= 0.3 is 0 Å². The molecule has 0 bridgehead atoms. The van der Waals surface area contributed by atoms with E-state index in [4.69, 9.17) is 5.84 Å². The van der Waals surface area contributed by atoms with Crippen LogP contribution in [0.15, 0.2) is 0 Å². The number of rotatable bonds is 10. The summed E-state index contributed by atoms with van der Waals surface area (Å²) >= 11 is 2.36. The number of hydrogen-bond acceptors (Lipinski definition) is 6. The van der Waals surface area contributed by atoms with Gasteiger partial charge in [-0.2, -0.15) is 17.3 Å². The van der Waals surface area contributed by atoms with Crippen LogP contribution in [0.3, 0.4) is 0 Å². The third-order valence-corrected chi connectivity index (χ3v) is 11.5. The highest BCUT2D eigenvalue weighted by molar-refractivity contribution is 7.99. The van der Waals surface area contributed by atoms with Crippen molar-refractivity contribution in [3.05, 3.63) is 0 Å². The largest absolute Gasteiger partial charge is 0.315 e. The van der Waals surface area contributed by atoms with Crippen LogP contribution in [0.1, 0.15) is 85.0 Å². The molecular formula is C26H51N5S. The van der Waals surface area contributed by atoms with E-state index in [-0.39, 0.29) is 0 Å². The van der Waals surface area contributed by atoms with E-state index in [2.05, 4.69) is 54.1 Å². The normalized spacial score (nSPS) is 41.7. The van der Waals surface area contributed by atoms with Crippen molar-refractivity contribution in [2.45, 2.75) is 102 Å². The second-order valence-corrected chi connectivity index (χ2v) is 13.2. The predicted octanol–water partition coefficient (Wildman–Crippen LogP) is 4.06. The maximum absolute atomic E-state index is 5.32. The van der Waals surface area contributed by atoms with Gasteiger partial charge in [0, 0.05) is 30.4 Å². The zero-order valence-corrected chi connectivity index (χ0v) is 21.8. The Balaban J connectivity index is 1.32. The quantitative estimate of drug-likeness (QED) is 0.190. The summed E-state index contributed by atoms with van der Waals surface area (Å²) in [4.78, 5) is 0. The number of thioether (sulfide) groups is 1. The average molecular weight is 466 g/mol. The van der Waals surface area contributed by atoms with Gasteiger partial charge < -0.3 is 10.6 Å². The Kier molecular flexibility index (Phi) is 9.25. The molecule has 1 heterocycles. The summed E-state index contributed by atoms with van der Waals surface area (Å²) in [5.74, 6) is 11.6. The molecule has 0 spiro atoms. The molecule has 6 N–H and O–H groups in total. The molecule has 0 aromatic carbocycles. The van der Waals surface area contributed by atoms with Crippen LogP contribution in [-0.4, -0.2) is 42.7 Å². The Morgan fingerprint density at radius 3 is 2.69 bits per heavy atom. The average Bonchev–Trinajstić information content (AvgIpc) is 2.96. The van der Waals surface area contributed by atoms with Crippen LogP contribution in [0.2, 0.25) is 0 Å². The molecule has 5 nitrogen and oxygen atoms in total. The van der Waals surface area contributed by atoms with Gasteiger partial charge in [0.25, 0.3) is 0 Å². The van der Waals surface area contributed by atoms with E-state index in [0.29, 0.717) is 17.5 Å². The lowest BCUT2D eigenvalue weighted by molar-refractivity contribution is -0.0195. The number of nitrogens with one attached hydrogen (secondary N) is 4. The van der Waals surface area contributed by atoms with Crippen molar-refractivity contribution in [2.75, 3.05) is 25.4 Å². The minimum Gasteiger partial charge on any atom is -0.315 e. The van der Waals surface area contributed by atoms with Crippen molar-refractivity contribution in [3.63, 3.8) is 0 Å². The molecular weight excluding hydrogens is 414 g/mol. The van der Waals surface area contributed by atoms with E-state index in [0.717, 1.165) is 47.9 Å². The van der Waals surface area contributed by atoms with Gasteiger partial charge in [-0.25, -0.2) is 5.43 Å². The van der Waals surface area contributed by atoms with Crippen LogP contribution in [0, 0.1) is 35.0 Å². The third kappa shape index (κ3) is 5.68. The molecule has 0 radical (unpaired) electrons. The van der Waals surface area contributed by atoms with Crippen LogP contribution >= 0.6 is 11.8 Å². The Morgan fingerprint density at radius 2 is 1.88 bits per heavy atom. The Morgan fingerprint density at radius 1 is 1.00 bits per heavy atom. The van der Waals surface area contributed by atoms with Gasteiger partial charge in [0.05, 0.1) is 0 Å². The number of fused-ring (bicyclic) bond motifs is 5. The standard InChI is InChI=1S/C26H51N5S/c1-18(2)28-13-4-5-20-7-9-24-22-8-6-19-17-21(29-14-15-30-31-27)11-16-32-25(19)23(22)10-12-26(20,24)3/h18-25,28-31H,4-17,27H2,1-3H3/t19?,20?,21?,22?,23?,24?,25-,26?/m1/s1. The summed E-state index contributed by atoms with van der Waals surface area (Å²) in [5, 5.41) is 8.38. The first-order valence-electron chi connectivity index (χ1n) is 13.8. The second kappa shape index (κ2) is 11.7. The highest BCUT2D eigenvalue weighted by Gasteiger charge is 2.56. The molecule has 4 fully saturated rings. The molecule has 32 heavy (non-hydrogen) atoms. The smallest absolute Gasteiger partial charge is 0.0238 e. The molecule has 1 saturated heterocycles. The van der Waals surface area contributed by atoms with E-state index < -0.39 is 0 Å². The number of nitrogens with two attached hydrogens (primary N) is 1. The van der Waals surface area contributed by atoms with Crippen LogP contribution in [0.25, 0.3) is 0 Å². The van der Waals surface area contributed by atoms with Crippen molar-refractivity contribution in [1.29, 1.82) is 0 Å². The SMILES string of the molecule is CC(C)NCCCC1CCC2C3CCC4CC(NCCNNN)CCS[C@H]4C3CCC12C. The Labute approximate surface area is 201 Å². The van der Waals surface area contributed by atoms with Gasteiger partial charge in [-0.1, -0.05) is 20.8 Å². The second-order valence-electron chi connectivity index (χ2n) is 11.9. The molecule has 0 amide bonds. The first kappa shape index (κ1) is 25.2.